The van der Waals surface area contributed by atoms with Gasteiger partial charge in [0.2, 0.25) is 5.91 Å². The SMILES string of the molecule is CC(=O)NC1[C@H](O)OC(CO)[C@@H](O[C@@H]2OC(C(=O)C(C)C)[C@@H](O)[C@H](O)C2O)[C@@H]1O. The maximum absolute atomic E-state index is 12.3. The van der Waals surface area contributed by atoms with Crippen LogP contribution in [0.2, 0.25) is 0 Å². The zero-order chi connectivity index (χ0) is 22.0. The van der Waals surface area contributed by atoms with E-state index in [2.05, 4.69) is 5.32 Å². The topological polar surface area (TPSA) is 195 Å². The lowest BCUT2D eigenvalue weighted by molar-refractivity contribution is -0.339. The van der Waals surface area contributed by atoms with Gasteiger partial charge in [-0.05, 0) is 0 Å². The number of aliphatic hydroxyl groups is 6. The highest BCUT2D eigenvalue weighted by Crippen LogP contribution is 2.29. The fourth-order valence-corrected chi connectivity index (χ4v) is 3.32. The van der Waals surface area contributed by atoms with Crippen molar-refractivity contribution in [2.45, 2.75) is 82.1 Å². The van der Waals surface area contributed by atoms with Crippen LogP contribution in [0.25, 0.3) is 0 Å². The van der Waals surface area contributed by atoms with Gasteiger partial charge in [0.05, 0.1) is 6.61 Å². The van der Waals surface area contributed by atoms with Crippen molar-refractivity contribution < 1.29 is 54.4 Å². The van der Waals surface area contributed by atoms with Gasteiger partial charge in [0.25, 0.3) is 0 Å². The number of ketones is 1. The van der Waals surface area contributed by atoms with Crippen LogP contribution >= 0.6 is 0 Å². The van der Waals surface area contributed by atoms with Crippen LogP contribution in [-0.4, -0.2) is 110 Å². The molecule has 2 rings (SSSR count). The van der Waals surface area contributed by atoms with Crippen LogP contribution < -0.4 is 5.32 Å². The lowest BCUT2D eigenvalue weighted by atomic mass is 9.91. The molecule has 12 nitrogen and oxygen atoms in total. The number of hydrogen-bond donors (Lipinski definition) is 7. The molecule has 12 heteroatoms. The highest BCUT2D eigenvalue weighted by atomic mass is 16.7. The van der Waals surface area contributed by atoms with E-state index in [1.54, 1.807) is 13.8 Å². The van der Waals surface area contributed by atoms with Gasteiger partial charge in [0.1, 0.15) is 48.8 Å². The number of hydrogen-bond acceptors (Lipinski definition) is 11. The molecular weight excluding hydrogens is 394 g/mol. The monoisotopic (exact) mass is 423 g/mol. The van der Waals surface area contributed by atoms with Crippen LogP contribution in [0.4, 0.5) is 0 Å². The number of nitrogens with one attached hydrogen (secondary N) is 1. The van der Waals surface area contributed by atoms with Crippen LogP contribution in [0.15, 0.2) is 0 Å². The molecule has 2 fully saturated rings. The fraction of sp³-hybridized carbons (Fsp3) is 0.882. The molecule has 0 spiro atoms. The standard InChI is InChI=1S/C17H29NO11/c1-5(2)9(21)15-12(24)11(23)13(25)17(29-15)28-14-7(4-19)27-16(26)8(10(14)22)18-6(3)20/h5,7-8,10-17,19,22-26H,4H2,1-3H3,(H,18,20)/t7?,8?,10-,11+,12+,13?,14-,15?,16-,17-/m1/s1. The molecule has 1 amide bonds. The minimum absolute atomic E-state index is 0.539. The van der Waals surface area contributed by atoms with Crippen molar-refractivity contribution in [3.63, 3.8) is 0 Å². The molecule has 2 heterocycles. The Bertz CT molecular complexity index is 588. The summed E-state index contributed by atoms with van der Waals surface area (Å²) in [4.78, 5) is 23.6. The predicted molar refractivity (Wildman–Crippen MR) is 93.0 cm³/mol. The third kappa shape index (κ3) is 5.10. The van der Waals surface area contributed by atoms with Crippen LogP contribution in [0.1, 0.15) is 20.8 Å². The van der Waals surface area contributed by atoms with E-state index >= 15 is 0 Å². The Hall–Kier alpha value is -1.22. The molecule has 10 atom stereocenters. The molecule has 0 saturated carbocycles. The first-order valence-electron chi connectivity index (χ1n) is 9.28. The van der Waals surface area contributed by atoms with Gasteiger partial charge in [0.15, 0.2) is 18.4 Å². The third-order valence-electron chi connectivity index (χ3n) is 4.95. The van der Waals surface area contributed by atoms with Gasteiger partial charge in [-0.25, -0.2) is 0 Å². The maximum atomic E-state index is 12.3. The van der Waals surface area contributed by atoms with E-state index in [0.717, 1.165) is 6.92 Å². The Morgan fingerprint density at radius 2 is 1.62 bits per heavy atom. The average Bonchev–Trinajstić information content (AvgIpc) is 2.66. The molecule has 168 valence electrons. The molecular formula is C17H29NO11. The number of ether oxygens (including phenoxy) is 3. The Balaban J connectivity index is 2.23. The summed E-state index contributed by atoms with van der Waals surface area (Å²) >= 11 is 0. The molecule has 7 N–H and O–H groups in total. The lowest BCUT2D eigenvalue weighted by Crippen LogP contribution is -2.67. The number of aliphatic hydroxyl groups excluding tert-OH is 6. The van der Waals surface area contributed by atoms with Gasteiger partial charge < -0.3 is 50.2 Å². The van der Waals surface area contributed by atoms with Crippen molar-refractivity contribution in [3.05, 3.63) is 0 Å². The summed E-state index contributed by atoms with van der Waals surface area (Å²) < 4.78 is 16.0. The van der Waals surface area contributed by atoms with Gasteiger partial charge in [-0.1, -0.05) is 13.8 Å². The second kappa shape index (κ2) is 9.73. The Labute approximate surface area is 167 Å². The summed E-state index contributed by atoms with van der Waals surface area (Å²) in [6, 6.07) is -1.32. The summed E-state index contributed by atoms with van der Waals surface area (Å²) in [6.07, 6.45) is -14.4. The van der Waals surface area contributed by atoms with E-state index in [1.165, 1.54) is 0 Å². The largest absolute Gasteiger partial charge is 0.394 e. The second-order valence-electron chi connectivity index (χ2n) is 7.52. The van der Waals surface area contributed by atoms with E-state index in [4.69, 9.17) is 14.2 Å². The van der Waals surface area contributed by atoms with Crippen LogP contribution in [0.5, 0.6) is 0 Å². The lowest BCUT2D eigenvalue weighted by Gasteiger charge is -2.46. The molecule has 0 aromatic carbocycles. The van der Waals surface area contributed by atoms with Crippen LogP contribution in [0.3, 0.4) is 0 Å². The normalized spacial score (nSPS) is 43.2. The van der Waals surface area contributed by atoms with Crippen LogP contribution in [0, 0.1) is 5.92 Å². The van der Waals surface area contributed by atoms with Crippen molar-refractivity contribution >= 4 is 11.7 Å². The van der Waals surface area contributed by atoms with E-state index < -0.39 is 85.6 Å². The predicted octanol–water partition coefficient (Wildman–Crippen LogP) is -4.02. The average molecular weight is 423 g/mol. The number of amides is 1. The molecule has 2 aliphatic heterocycles. The van der Waals surface area contributed by atoms with Crippen LogP contribution in [-0.2, 0) is 23.8 Å². The van der Waals surface area contributed by atoms with E-state index in [0.29, 0.717) is 0 Å². The fourth-order valence-electron chi connectivity index (χ4n) is 3.32. The van der Waals surface area contributed by atoms with Crippen molar-refractivity contribution in [1.29, 1.82) is 0 Å². The number of rotatable bonds is 6. The van der Waals surface area contributed by atoms with Crippen molar-refractivity contribution in [3.8, 4) is 0 Å². The number of carbonyl (C=O) groups is 2. The van der Waals surface area contributed by atoms with Gasteiger partial charge >= 0.3 is 0 Å². The second-order valence-corrected chi connectivity index (χ2v) is 7.52. The van der Waals surface area contributed by atoms with E-state index in [1.807, 2.05) is 0 Å². The van der Waals surface area contributed by atoms with Gasteiger partial charge in [-0.3, -0.25) is 9.59 Å². The summed E-state index contributed by atoms with van der Waals surface area (Å²) in [5.74, 6) is -1.67. The van der Waals surface area contributed by atoms with Gasteiger partial charge in [0, 0.05) is 12.8 Å². The zero-order valence-electron chi connectivity index (χ0n) is 16.3. The molecule has 29 heavy (non-hydrogen) atoms. The van der Waals surface area contributed by atoms with E-state index in [-0.39, 0.29) is 0 Å². The first kappa shape index (κ1) is 24.1. The minimum Gasteiger partial charge on any atom is -0.394 e. The Morgan fingerprint density at radius 3 is 2.14 bits per heavy atom. The molecule has 0 aromatic heterocycles. The van der Waals surface area contributed by atoms with Gasteiger partial charge in [-0.15, -0.1) is 0 Å². The number of carbonyl (C=O) groups excluding carboxylic acids is 2. The Kier molecular flexibility index (Phi) is 8.07. The maximum Gasteiger partial charge on any atom is 0.217 e. The first-order valence-corrected chi connectivity index (χ1v) is 9.28. The first-order chi connectivity index (χ1) is 13.5. The minimum atomic E-state index is -1.79. The van der Waals surface area contributed by atoms with E-state index in [9.17, 15) is 40.2 Å². The van der Waals surface area contributed by atoms with Crippen molar-refractivity contribution in [2.75, 3.05) is 6.61 Å². The molecule has 2 saturated heterocycles. The smallest absolute Gasteiger partial charge is 0.217 e. The molecule has 0 bridgehead atoms. The van der Waals surface area contributed by atoms with Gasteiger partial charge in [-0.2, -0.15) is 0 Å². The highest BCUT2D eigenvalue weighted by Gasteiger charge is 2.52. The Morgan fingerprint density at radius 1 is 1.00 bits per heavy atom. The summed E-state index contributed by atoms with van der Waals surface area (Å²) in [5.41, 5.74) is 0. The summed E-state index contributed by atoms with van der Waals surface area (Å²) in [6.45, 7) is 3.58. The summed E-state index contributed by atoms with van der Waals surface area (Å²) in [7, 11) is 0. The number of Topliss-reactive ketones (excluding diaryl/α,β-unsaturated/α-hetero) is 1. The molecule has 2 aliphatic rings. The molecule has 0 aromatic rings. The third-order valence-corrected chi connectivity index (χ3v) is 4.95. The zero-order valence-corrected chi connectivity index (χ0v) is 16.3. The summed E-state index contributed by atoms with van der Waals surface area (Å²) in [5, 5.41) is 62.7. The van der Waals surface area contributed by atoms with Crippen molar-refractivity contribution in [1.82, 2.24) is 5.32 Å². The quantitative estimate of drug-likeness (QED) is 0.220. The molecule has 0 radical (unpaired) electrons. The molecule has 0 aliphatic carbocycles. The highest BCUT2D eigenvalue weighted by molar-refractivity contribution is 5.85. The molecule has 4 unspecified atom stereocenters. The van der Waals surface area contributed by atoms with Crippen molar-refractivity contribution in [2.24, 2.45) is 5.92 Å².